The van der Waals surface area contributed by atoms with Crippen LogP contribution < -0.4 is 5.32 Å². The Hall–Kier alpha value is -2.66. The molecule has 2 amide bonds. The highest BCUT2D eigenvalue weighted by atomic mass is 16.2. The Morgan fingerprint density at radius 1 is 1.00 bits per heavy atom. The van der Waals surface area contributed by atoms with E-state index >= 15 is 0 Å². The van der Waals surface area contributed by atoms with Crippen molar-refractivity contribution in [3.63, 3.8) is 0 Å². The fourth-order valence-electron chi connectivity index (χ4n) is 3.81. The predicted molar refractivity (Wildman–Crippen MR) is 115 cm³/mol. The Morgan fingerprint density at radius 2 is 1.62 bits per heavy atom. The summed E-state index contributed by atoms with van der Waals surface area (Å²) in [5, 5.41) is 2.79. The standard InChI is InChI=1S/C24H31N3O2/c1-19(28)25-17-21-12-10-20(11-13-21)16-24(29)26(2)23(18-27-14-6-7-15-27)22-8-4-3-5-9-22/h3-5,8-13,23H,6-7,14-18H2,1-2H3,(H,25,28)/t23-/m1/s1. The second kappa shape index (κ2) is 10.2. The minimum atomic E-state index is -0.0455. The van der Waals surface area contributed by atoms with Gasteiger partial charge in [-0.1, -0.05) is 54.6 Å². The van der Waals surface area contributed by atoms with Crippen LogP contribution in [0.2, 0.25) is 0 Å². The number of likely N-dealkylation sites (tertiary alicyclic amines) is 1. The summed E-state index contributed by atoms with van der Waals surface area (Å²) < 4.78 is 0. The van der Waals surface area contributed by atoms with Gasteiger partial charge in [-0.25, -0.2) is 0 Å². The molecule has 3 rings (SSSR count). The van der Waals surface area contributed by atoms with E-state index in [1.54, 1.807) is 0 Å². The van der Waals surface area contributed by atoms with E-state index in [1.807, 2.05) is 54.4 Å². The van der Waals surface area contributed by atoms with Crippen molar-refractivity contribution in [3.8, 4) is 0 Å². The smallest absolute Gasteiger partial charge is 0.227 e. The molecule has 1 atom stereocenters. The lowest BCUT2D eigenvalue weighted by Crippen LogP contribution is -2.39. The molecule has 0 bridgehead atoms. The lowest BCUT2D eigenvalue weighted by atomic mass is 10.0. The first-order chi connectivity index (χ1) is 14.0. The molecule has 2 aromatic carbocycles. The van der Waals surface area contributed by atoms with Crippen LogP contribution in [-0.2, 0) is 22.6 Å². The highest BCUT2D eigenvalue weighted by molar-refractivity contribution is 5.79. The molecule has 154 valence electrons. The molecule has 29 heavy (non-hydrogen) atoms. The first-order valence-corrected chi connectivity index (χ1v) is 10.4. The molecule has 1 saturated heterocycles. The largest absolute Gasteiger partial charge is 0.352 e. The Bertz CT molecular complexity index is 799. The van der Waals surface area contributed by atoms with E-state index in [2.05, 4.69) is 22.3 Å². The maximum absolute atomic E-state index is 13.1. The first-order valence-electron chi connectivity index (χ1n) is 10.4. The van der Waals surface area contributed by atoms with Gasteiger partial charge in [-0.2, -0.15) is 0 Å². The maximum Gasteiger partial charge on any atom is 0.227 e. The van der Waals surface area contributed by atoms with Crippen LogP contribution in [0.15, 0.2) is 54.6 Å². The molecule has 5 nitrogen and oxygen atoms in total. The van der Waals surface area contributed by atoms with Gasteiger partial charge in [0.25, 0.3) is 0 Å². The van der Waals surface area contributed by atoms with Crippen molar-refractivity contribution in [3.05, 3.63) is 71.3 Å². The molecule has 1 heterocycles. The zero-order chi connectivity index (χ0) is 20.6. The third kappa shape index (κ3) is 6.16. The second-order valence-corrected chi connectivity index (χ2v) is 7.84. The molecule has 1 N–H and O–H groups in total. The molecular formula is C24H31N3O2. The number of nitrogens with one attached hydrogen (secondary N) is 1. The molecule has 0 aromatic heterocycles. The van der Waals surface area contributed by atoms with Crippen LogP contribution in [0, 0.1) is 0 Å². The molecule has 5 heteroatoms. The minimum Gasteiger partial charge on any atom is -0.352 e. The van der Waals surface area contributed by atoms with E-state index in [1.165, 1.54) is 25.3 Å². The van der Waals surface area contributed by atoms with E-state index in [4.69, 9.17) is 0 Å². The van der Waals surface area contributed by atoms with Crippen molar-refractivity contribution >= 4 is 11.8 Å². The van der Waals surface area contributed by atoms with Gasteiger partial charge >= 0.3 is 0 Å². The average Bonchev–Trinajstić information content (AvgIpc) is 3.25. The number of amides is 2. The van der Waals surface area contributed by atoms with E-state index in [9.17, 15) is 9.59 Å². The number of rotatable bonds is 8. The van der Waals surface area contributed by atoms with Crippen molar-refractivity contribution in [2.45, 2.75) is 38.8 Å². The first kappa shape index (κ1) is 21.1. The molecule has 0 saturated carbocycles. The van der Waals surface area contributed by atoms with Gasteiger partial charge in [-0.15, -0.1) is 0 Å². The summed E-state index contributed by atoms with van der Waals surface area (Å²) in [4.78, 5) is 28.5. The lowest BCUT2D eigenvalue weighted by molar-refractivity contribution is -0.131. The molecule has 0 unspecified atom stereocenters. The Balaban J connectivity index is 1.66. The van der Waals surface area contributed by atoms with E-state index < -0.39 is 0 Å². The molecule has 0 radical (unpaired) electrons. The number of likely N-dealkylation sites (N-methyl/N-ethyl adjacent to an activating group) is 1. The Morgan fingerprint density at radius 3 is 2.24 bits per heavy atom. The van der Waals surface area contributed by atoms with E-state index in [0.29, 0.717) is 13.0 Å². The fourth-order valence-corrected chi connectivity index (χ4v) is 3.81. The molecule has 0 spiro atoms. The summed E-state index contributed by atoms with van der Waals surface area (Å²) in [5.41, 5.74) is 3.20. The fraction of sp³-hybridized carbons (Fsp3) is 0.417. The number of hydrogen-bond acceptors (Lipinski definition) is 3. The van der Waals surface area contributed by atoms with Gasteiger partial charge in [0.05, 0.1) is 12.5 Å². The molecule has 1 aliphatic rings. The van der Waals surface area contributed by atoms with Crippen LogP contribution in [-0.4, -0.2) is 48.3 Å². The van der Waals surface area contributed by atoms with Gasteiger partial charge in [0.2, 0.25) is 11.8 Å². The van der Waals surface area contributed by atoms with Gasteiger partial charge in [0.1, 0.15) is 0 Å². The van der Waals surface area contributed by atoms with Crippen LogP contribution in [0.4, 0.5) is 0 Å². The highest BCUT2D eigenvalue weighted by Gasteiger charge is 2.25. The van der Waals surface area contributed by atoms with Crippen LogP contribution in [0.25, 0.3) is 0 Å². The zero-order valence-electron chi connectivity index (χ0n) is 17.4. The van der Waals surface area contributed by atoms with E-state index in [0.717, 1.165) is 30.8 Å². The van der Waals surface area contributed by atoms with Crippen LogP contribution in [0.5, 0.6) is 0 Å². The second-order valence-electron chi connectivity index (χ2n) is 7.84. The van der Waals surface area contributed by atoms with Crippen molar-refractivity contribution in [1.82, 2.24) is 15.1 Å². The summed E-state index contributed by atoms with van der Waals surface area (Å²) in [6, 6.07) is 18.3. The SMILES string of the molecule is CC(=O)NCc1ccc(CC(=O)N(C)[C@H](CN2CCCC2)c2ccccc2)cc1. The van der Waals surface area contributed by atoms with Gasteiger partial charge in [-0.3, -0.25) is 9.59 Å². The molecule has 0 aliphatic carbocycles. The third-order valence-electron chi connectivity index (χ3n) is 5.59. The third-order valence-corrected chi connectivity index (χ3v) is 5.59. The normalized spacial score (nSPS) is 15.1. The molecule has 2 aromatic rings. The van der Waals surface area contributed by atoms with Crippen LogP contribution >= 0.6 is 0 Å². The number of carbonyl (C=O) groups is 2. The summed E-state index contributed by atoms with van der Waals surface area (Å²) in [6.45, 7) is 5.12. The van der Waals surface area contributed by atoms with Crippen molar-refractivity contribution in [2.24, 2.45) is 0 Å². The van der Waals surface area contributed by atoms with Crippen molar-refractivity contribution in [1.29, 1.82) is 0 Å². The number of carbonyl (C=O) groups excluding carboxylic acids is 2. The van der Waals surface area contributed by atoms with Gasteiger partial charge < -0.3 is 15.1 Å². The zero-order valence-corrected chi connectivity index (χ0v) is 17.4. The van der Waals surface area contributed by atoms with Crippen molar-refractivity contribution < 1.29 is 9.59 Å². The molecule has 1 fully saturated rings. The maximum atomic E-state index is 13.1. The molecular weight excluding hydrogens is 362 g/mol. The average molecular weight is 394 g/mol. The Kier molecular flexibility index (Phi) is 7.42. The van der Waals surface area contributed by atoms with Crippen molar-refractivity contribution in [2.75, 3.05) is 26.7 Å². The van der Waals surface area contributed by atoms with Crippen LogP contribution in [0.3, 0.4) is 0 Å². The number of hydrogen-bond donors (Lipinski definition) is 1. The topological polar surface area (TPSA) is 52.7 Å². The number of benzene rings is 2. The minimum absolute atomic E-state index is 0.0455. The summed E-state index contributed by atoms with van der Waals surface area (Å²) in [6.07, 6.45) is 2.86. The summed E-state index contributed by atoms with van der Waals surface area (Å²) in [7, 11) is 1.92. The predicted octanol–water partition coefficient (Wildman–Crippen LogP) is 3.16. The summed E-state index contributed by atoms with van der Waals surface area (Å²) in [5.74, 6) is 0.0727. The van der Waals surface area contributed by atoms with Gasteiger partial charge in [-0.05, 0) is 42.6 Å². The van der Waals surface area contributed by atoms with Gasteiger partial charge in [0, 0.05) is 27.1 Å². The van der Waals surface area contributed by atoms with E-state index in [-0.39, 0.29) is 17.9 Å². The number of nitrogens with zero attached hydrogens (tertiary/aromatic N) is 2. The monoisotopic (exact) mass is 393 g/mol. The molecule has 1 aliphatic heterocycles. The quantitative estimate of drug-likeness (QED) is 0.750. The summed E-state index contributed by atoms with van der Waals surface area (Å²) >= 11 is 0. The van der Waals surface area contributed by atoms with Crippen LogP contribution in [0.1, 0.15) is 42.5 Å². The lowest BCUT2D eigenvalue weighted by Gasteiger charge is -2.32. The van der Waals surface area contributed by atoms with Gasteiger partial charge in [0.15, 0.2) is 0 Å². The highest BCUT2D eigenvalue weighted by Crippen LogP contribution is 2.23. The Labute approximate surface area is 173 Å².